The van der Waals surface area contributed by atoms with Crippen molar-refractivity contribution in [1.82, 2.24) is 14.5 Å². The topological polar surface area (TPSA) is 69.7 Å². The summed E-state index contributed by atoms with van der Waals surface area (Å²) in [5, 5.41) is 3.77. The van der Waals surface area contributed by atoms with Crippen molar-refractivity contribution < 1.29 is 13.2 Å². The van der Waals surface area contributed by atoms with Gasteiger partial charge in [-0.3, -0.25) is 9.69 Å². The zero-order valence-corrected chi connectivity index (χ0v) is 13.0. The number of sulfonamides is 1. The van der Waals surface area contributed by atoms with Crippen LogP contribution in [0.3, 0.4) is 0 Å². The molecule has 8 heteroatoms. The number of thiophene rings is 1. The van der Waals surface area contributed by atoms with E-state index in [0.29, 0.717) is 26.2 Å². The highest BCUT2D eigenvalue weighted by atomic mass is 32.2. The van der Waals surface area contributed by atoms with Gasteiger partial charge in [0, 0.05) is 44.6 Å². The molecule has 0 bridgehead atoms. The summed E-state index contributed by atoms with van der Waals surface area (Å²) in [7, 11) is -3.12. The van der Waals surface area contributed by atoms with E-state index in [1.165, 1.54) is 11.3 Å². The van der Waals surface area contributed by atoms with Gasteiger partial charge < -0.3 is 4.90 Å². The smallest absolute Gasteiger partial charge is 0.254 e. The molecule has 0 radical (unpaired) electrons. The van der Waals surface area contributed by atoms with E-state index in [1.807, 2.05) is 21.7 Å². The summed E-state index contributed by atoms with van der Waals surface area (Å²) in [5.41, 5.74) is 0.752. The van der Waals surface area contributed by atoms with Gasteiger partial charge in [0.2, 0.25) is 10.0 Å². The number of amides is 1. The first kappa shape index (κ1) is 15.4. The third-order valence-corrected chi connectivity index (χ3v) is 4.63. The first-order valence-corrected chi connectivity index (χ1v) is 9.27. The van der Waals surface area contributed by atoms with Crippen LogP contribution in [0.1, 0.15) is 10.4 Å². The Morgan fingerprint density at radius 3 is 2.60 bits per heavy atom. The molecular formula is C12H19N3O3S2. The van der Waals surface area contributed by atoms with E-state index in [4.69, 9.17) is 0 Å². The minimum absolute atomic E-state index is 0.0835. The summed E-state index contributed by atoms with van der Waals surface area (Å²) in [5.74, 6) is 0.0835. The van der Waals surface area contributed by atoms with Gasteiger partial charge in [0.25, 0.3) is 5.91 Å². The Bertz CT molecular complexity index is 534. The largest absolute Gasteiger partial charge is 0.336 e. The highest BCUT2D eigenvalue weighted by Crippen LogP contribution is 2.11. The molecule has 1 N–H and O–H groups in total. The summed E-state index contributed by atoms with van der Waals surface area (Å²) in [6.07, 6.45) is 1.16. The maximum atomic E-state index is 12.1. The first-order chi connectivity index (χ1) is 9.46. The lowest BCUT2D eigenvalue weighted by molar-refractivity contribution is 0.0640. The lowest BCUT2D eigenvalue weighted by Gasteiger charge is -2.34. The van der Waals surface area contributed by atoms with Gasteiger partial charge in [-0.25, -0.2) is 13.1 Å². The first-order valence-electron chi connectivity index (χ1n) is 6.44. The molecule has 112 valence electrons. The number of carbonyl (C=O) groups is 1. The van der Waals surface area contributed by atoms with Gasteiger partial charge in [-0.05, 0) is 11.4 Å². The molecule has 1 amide bonds. The van der Waals surface area contributed by atoms with E-state index in [2.05, 4.69) is 9.62 Å². The molecule has 1 aromatic heterocycles. The van der Waals surface area contributed by atoms with Gasteiger partial charge in [0.1, 0.15) is 0 Å². The number of hydrogen-bond acceptors (Lipinski definition) is 5. The molecule has 2 heterocycles. The summed E-state index contributed by atoms with van der Waals surface area (Å²) in [4.78, 5) is 16.1. The van der Waals surface area contributed by atoms with Crippen molar-refractivity contribution in [3.8, 4) is 0 Å². The highest BCUT2D eigenvalue weighted by Gasteiger charge is 2.22. The second kappa shape index (κ2) is 6.66. The summed E-state index contributed by atoms with van der Waals surface area (Å²) in [6.45, 7) is 4.02. The predicted octanol–water partition coefficient (Wildman–Crippen LogP) is 0.0551. The SMILES string of the molecule is CS(=O)(=O)NCCN1CCN(C(=O)c2ccsc2)CC1. The van der Waals surface area contributed by atoms with Crippen LogP contribution in [0.2, 0.25) is 0 Å². The van der Waals surface area contributed by atoms with Crippen LogP contribution < -0.4 is 4.72 Å². The van der Waals surface area contributed by atoms with Crippen LogP contribution in [0.5, 0.6) is 0 Å². The van der Waals surface area contributed by atoms with Crippen molar-refractivity contribution in [2.24, 2.45) is 0 Å². The van der Waals surface area contributed by atoms with Crippen molar-refractivity contribution in [2.75, 3.05) is 45.5 Å². The van der Waals surface area contributed by atoms with Crippen LogP contribution in [-0.2, 0) is 10.0 Å². The molecule has 1 aliphatic rings. The second-order valence-corrected chi connectivity index (χ2v) is 7.43. The summed E-state index contributed by atoms with van der Waals surface area (Å²) < 4.78 is 24.4. The molecular weight excluding hydrogens is 298 g/mol. The molecule has 0 atom stereocenters. The van der Waals surface area contributed by atoms with Gasteiger partial charge in [-0.1, -0.05) is 0 Å². The Balaban J connectivity index is 1.74. The van der Waals surface area contributed by atoms with Crippen LogP contribution in [0.15, 0.2) is 16.8 Å². The van der Waals surface area contributed by atoms with Gasteiger partial charge >= 0.3 is 0 Å². The molecule has 2 rings (SSSR count). The minimum Gasteiger partial charge on any atom is -0.336 e. The molecule has 0 aromatic carbocycles. The third-order valence-electron chi connectivity index (χ3n) is 3.22. The molecule has 0 saturated carbocycles. The quantitative estimate of drug-likeness (QED) is 0.833. The Morgan fingerprint density at radius 1 is 1.35 bits per heavy atom. The van der Waals surface area contributed by atoms with Crippen molar-refractivity contribution in [3.63, 3.8) is 0 Å². The van der Waals surface area contributed by atoms with E-state index in [-0.39, 0.29) is 5.91 Å². The van der Waals surface area contributed by atoms with E-state index < -0.39 is 10.0 Å². The van der Waals surface area contributed by atoms with Crippen molar-refractivity contribution in [3.05, 3.63) is 22.4 Å². The second-order valence-electron chi connectivity index (χ2n) is 4.81. The maximum Gasteiger partial charge on any atom is 0.254 e. The molecule has 1 saturated heterocycles. The molecule has 1 aromatic rings. The van der Waals surface area contributed by atoms with Gasteiger partial charge in [0.15, 0.2) is 0 Å². The average molecular weight is 317 g/mol. The molecule has 0 unspecified atom stereocenters. The third kappa shape index (κ3) is 4.55. The Hall–Kier alpha value is -0.960. The molecule has 0 spiro atoms. The van der Waals surface area contributed by atoms with Gasteiger partial charge in [-0.15, -0.1) is 0 Å². The fraction of sp³-hybridized carbons (Fsp3) is 0.583. The van der Waals surface area contributed by atoms with Crippen molar-refractivity contribution in [2.45, 2.75) is 0 Å². The Morgan fingerprint density at radius 2 is 2.05 bits per heavy atom. The Labute approximate surface area is 123 Å². The highest BCUT2D eigenvalue weighted by molar-refractivity contribution is 7.88. The van der Waals surface area contributed by atoms with Gasteiger partial charge in [0.05, 0.1) is 11.8 Å². The fourth-order valence-electron chi connectivity index (χ4n) is 2.13. The van der Waals surface area contributed by atoms with Crippen molar-refractivity contribution >= 4 is 27.3 Å². The lowest BCUT2D eigenvalue weighted by atomic mass is 10.2. The lowest BCUT2D eigenvalue weighted by Crippen LogP contribution is -2.50. The summed E-state index contributed by atoms with van der Waals surface area (Å²) in [6, 6.07) is 1.84. The number of piperazine rings is 1. The average Bonchev–Trinajstić information content (AvgIpc) is 2.91. The minimum atomic E-state index is -3.12. The zero-order valence-electron chi connectivity index (χ0n) is 11.4. The Kier molecular flexibility index (Phi) is 5.14. The maximum absolute atomic E-state index is 12.1. The molecule has 6 nitrogen and oxygen atoms in total. The number of nitrogens with one attached hydrogen (secondary N) is 1. The van der Waals surface area contributed by atoms with E-state index in [9.17, 15) is 13.2 Å². The predicted molar refractivity (Wildman–Crippen MR) is 79.5 cm³/mol. The number of carbonyl (C=O) groups excluding carboxylic acids is 1. The van der Waals surface area contributed by atoms with Crippen LogP contribution >= 0.6 is 11.3 Å². The van der Waals surface area contributed by atoms with Gasteiger partial charge in [-0.2, -0.15) is 11.3 Å². The summed E-state index contributed by atoms with van der Waals surface area (Å²) >= 11 is 1.52. The zero-order chi connectivity index (χ0) is 14.6. The molecule has 1 aliphatic heterocycles. The normalized spacial score (nSPS) is 17.4. The molecule has 0 aliphatic carbocycles. The van der Waals surface area contributed by atoms with E-state index in [0.717, 1.165) is 24.9 Å². The standard InChI is InChI=1S/C12H19N3O3S2/c1-20(17,18)13-3-4-14-5-7-15(8-6-14)12(16)11-2-9-19-10-11/h2,9-10,13H,3-8H2,1H3. The van der Waals surface area contributed by atoms with Crippen LogP contribution in [0.4, 0.5) is 0 Å². The fourth-order valence-corrected chi connectivity index (χ4v) is 3.22. The van der Waals surface area contributed by atoms with Crippen molar-refractivity contribution in [1.29, 1.82) is 0 Å². The number of nitrogens with zero attached hydrogens (tertiary/aromatic N) is 2. The van der Waals surface area contributed by atoms with Crippen LogP contribution in [0, 0.1) is 0 Å². The molecule has 1 fully saturated rings. The van der Waals surface area contributed by atoms with E-state index >= 15 is 0 Å². The van der Waals surface area contributed by atoms with Crippen LogP contribution in [-0.4, -0.2) is 69.6 Å². The monoisotopic (exact) mass is 317 g/mol. The number of hydrogen-bond donors (Lipinski definition) is 1. The van der Waals surface area contributed by atoms with E-state index in [1.54, 1.807) is 0 Å². The van der Waals surface area contributed by atoms with Crippen LogP contribution in [0.25, 0.3) is 0 Å². The molecule has 20 heavy (non-hydrogen) atoms. The number of rotatable bonds is 5.